The Morgan fingerprint density at radius 1 is 1.73 bits per heavy atom. The van der Waals surface area contributed by atoms with Crippen LogP contribution < -0.4 is 5.73 Å². The Labute approximate surface area is 69.5 Å². The lowest BCUT2D eigenvalue weighted by Crippen LogP contribution is -2.13. The van der Waals surface area contributed by atoms with Crippen molar-refractivity contribution in [3.05, 3.63) is 10.6 Å². The molecule has 1 heterocycles. The molecule has 0 radical (unpaired) electrons. The molecule has 0 spiro atoms. The number of nitrogens with zero attached hydrogens (tertiary/aromatic N) is 2. The summed E-state index contributed by atoms with van der Waals surface area (Å²) in [5.41, 5.74) is 6.38. The Morgan fingerprint density at radius 2 is 2.45 bits per heavy atom. The van der Waals surface area contributed by atoms with Gasteiger partial charge in [0.1, 0.15) is 6.10 Å². The van der Waals surface area contributed by atoms with E-state index < -0.39 is 0 Å². The van der Waals surface area contributed by atoms with Crippen LogP contribution in [0.5, 0.6) is 0 Å². The third-order valence-corrected chi connectivity index (χ3v) is 2.40. The van der Waals surface area contributed by atoms with Gasteiger partial charge in [-0.25, -0.2) is 0 Å². The minimum atomic E-state index is -0.0463. The molecule has 1 aromatic rings. The quantitative estimate of drug-likeness (QED) is 0.722. The SMILES string of the molecule is COC(CN)c1snnc1C. The van der Waals surface area contributed by atoms with Crippen LogP contribution in [0.4, 0.5) is 0 Å². The first-order valence-corrected chi connectivity index (χ1v) is 4.08. The Morgan fingerprint density at radius 3 is 2.82 bits per heavy atom. The largest absolute Gasteiger partial charge is 0.374 e. The van der Waals surface area contributed by atoms with Gasteiger partial charge < -0.3 is 10.5 Å². The van der Waals surface area contributed by atoms with Crippen LogP contribution in [0.1, 0.15) is 16.7 Å². The van der Waals surface area contributed by atoms with Gasteiger partial charge in [0.2, 0.25) is 0 Å². The van der Waals surface area contributed by atoms with Crippen molar-refractivity contribution in [2.24, 2.45) is 5.73 Å². The van der Waals surface area contributed by atoms with E-state index in [2.05, 4.69) is 9.59 Å². The summed E-state index contributed by atoms with van der Waals surface area (Å²) in [6.45, 7) is 2.38. The van der Waals surface area contributed by atoms with Crippen molar-refractivity contribution >= 4 is 11.5 Å². The van der Waals surface area contributed by atoms with E-state index >= 15 is 0 Å². The van der Waals surface area contributed by atoms with Gasteiger partial charge in [0.05, 0.1) is 10.6 Å². The number of nitrogens with two attached hydrogens (primary N) is 1. The fourth-order valence-corrected chi connectivity index (χ4v) is 1.58. The summed E-state index contributed by atoms with van der Waals surface area (Å²) >= 11 is 1.34. The summed E-state index contributed by atoms with van der Waals surface area (Å²) in [6, 6.07) is 0. The molecule has 1 rings (SSSR count). The van der Waals surface area contributed by atoms with Crippen molar-refractivity contribution in [3.8, 4) is 0 Å². The van der Waals surface area contributed by atoms with Crippen molar-refractivity contribution in [3.63, 3.8) is 0 Å². The minimum Gasteiger partial charge on any atom is -0.374 e. The number of aromatic nitrogens is 2. The second-order valence-corrected chi connectivity index (χ2v) is 2.97. The summed E-state index contributed by atoms with van der Waals surface area (Å²) in [7, 11) is 1.64. The maximum Gasteiger partial charge on any atom is 0.107 e. The van der Waals surface area contributed by atoms with E-state index in [1.165, 1.54) is 11.5 Å². The van der Waals surface area contributed by atoms with Gasteiger partial charge in [-0.3, -0.25) is 0 Å². The summed E-state index contributed by atoms with van der Waals surface area (Å²) < 4.78 is 8.92. The molecule has 1 aromatic heterocycles. The first-order chi connectivity index (χ1) is 5.29. The van der Waals surface area contributed by atoms with Crippen LogP contribution in [0, 0.1) is 6.92 Å². The third-order valence-electron chi connectivity index (χ3n) is 1.48. The van der Waals surface area contributed by atoms with E-state index in [4.69, 9.17) is 10.5 Å². The summed E-state index contributed by atoms with van der Waals surface area (Å²) in [5.74, 6) is 0. The standard InChI is InChI=1S/C6H11N3OS/c1-4-6(11-9-8-4)5(3-7)10-2/h5H,3,7H2,1-2H3. The molecule has 11 heavy (non-hydrogen) atoms. The van der Waals surface area contributed by atoms with Crippen molar-refractivity contribution in [1.29, 1.82) is 0 Å². The Hall–Kier alpha value is -0.520. The van der Waals surface area contributed by atoms with Crippen LogP contribution in [0.2, 0.25) is 0 Å². The first kappa shape index (κ1) is 8.58. The number of ether oxygens (including phenoxy) is 1. The van der Waals surface area contributed by atoms with Crippen molar-refractivity contribution in [1.82, 2.24) is 9.59 Å². The van der Waals surface area contributed by atoms with Gasteiger partial charge >= 0.3 is 0 Å². The summed E-state index contributed by atoms with van der Waals surface area (Å²) in [4.78, 5) is 1.02. The van der Waals surface area contributed by atoms with Gasteiger partial charge in [-0.1, -0.05) is 4.49 Å². The highest BCUT2D eigenvalue weighted by atomic mass is 32.1. The number of aryl methyl sites for hydroxylation is 1. The van der Waals surface area contributed by atoms with E-state index in [0.29, 0.717) is 6.54 Å². The second-order valence-electron chi connectivity index (χ2n) is 2.18. The lowest BCUT2D eigenvalue weighted by atomic mass is 10.2. The number of hydrogen-bond acceptors (Lipinski definition) is 5. The topological polar surface area (TPSA) is 61.0 Å². The van der Waals surface area contributed by atoms with Crippen LogP contribution in [0.15, 0.2) is 0 Å². The number of methoxy groups -OCH3 is 1. The van der Waals surface area contributed by atoms with Gasteiger partial charge in [0.15, 0.2) is 0 Å². The highest BCUT2D eigenvalue weighted by molar-refractivity contribution is 7.05. The normalized spacial score (nSPS) is 13.4. The first-order valence-electron chi connectivity index (χ1n) is 3.31. The average Bonchev–Trinajstić information content (AvgIpc) is 2.40. The molecule has 1 atom stereocenters. The molecule has 2 N–H and O–H groups in total. The molecule has 62 valence electrons. The van der Waals surface area contributed by atoms with E-state index in [1.807, 2.05) is 6.92 Å². The van der Waals surface area contributed by atoms with Gasteiger partial charge in [-0.15, -0.1) is 5.10 Å². The van der Waals surface area contributed by atoms with Crippen LogP contribution in [-0.2, 0) is 4.74 Å². The molecular weight excluding hydrogens is 162 g/mol. The highest BCUT2D eigenvalue weighted by Crippen LogP contribution is 2.20. The Bertz CT molecular complexity index is 221. The zero-order valence-corrected chi connectivity index (χ0v) is 7.39. The monoisotopic (exact) mass is 173 g/mol. The summed E-state index contributed by atoms with van der Waals surface area (Å²) in [6.07, 6.45) is -0.0463. The fraction of sp³-hybridized carbons (Fsp3) is 0.667. The molecule has 0 saturated carbocycles. The lowest BCUT2D eigenvalue weighted by molar-refractivity contribution is 0.113. The Kier molecular flexibility index (Phi) is 2.92. The fourth-order valence-electron chi connectivity index (χ4n) is 0.843. The summed E-state index contributed by atoms with van der Waals surface area (Å²) in [5, 5.41) is 3.87. The molecular formula is C6H11N3OS. The number of rotatable bonds is 3. The predicted octanol–water partition coefficient (Wildman–Crippen LogP) is 0.493. The number of hydrogen-bond donors (Lipinski definition) is 1. The molecule has 0 saturated heterocycles. The molecule has 0 aliphatic carbocycles. The molecule has 0 aromatic carbocycles. The maximum absolute atomic E-state index is 5.47. The van der Waals surface area contributed by atoms with Gasteiger partial charge in [-0.05, 0) is 18.5 Å². The predicted molar refractivity (Wildman–Crippen MR) is 43.5 cm³/mol. The van der Waals surface area contributed by atoms with Crippen LogP contribution in [0.3, 0.4) is 0 Å². The average molecular weight is 173 g/mol. The van der Waals surface area contributed by atoms with Crippen molar-refractivity contribution < 1.29 is 4.74 Å². The molecule has 0 fully saturated rings. The molecule has 1 unspecified atom stereocenters. The highest BCUT2D eigenvalue weighted by Gasteiger charge is 2.13. The molecule has 0 bridgehead atoms. The molecule has 0 amide bonds. The lowest BCUT2D eigenvalue weighted by Gasteiger charge is -2.09. The van der Waals surface area contributed by atoms with Gasteiger partial charge in [0, 0.05) is 13.7 Å². The van der Waals surface area contributed by atoms with E-state index in [1.54, 1.807) is 7.11 Å². The van der Waals surface area contributed by atoms with Gasteiger partial charge in [-0.2, -0.15) is 0 Å². The van der Waals surface area contributed by atoms with Gasteiger partial charge in [0.25, 0.3) is 0 Å². The van der Waals surface area contributed by atoms with Crippen LogP contribution in [0.25, 0.3) is 0 Å². The minimum absolute atomic E-state index is 0.0463. The molecule has 4 nitrogen and oxygen atoms in total. The third kappa shape index (κ3) is 1.74. The van der Waals surface area contributed by atoms with E-state index in [-0.39, 0.29) is 6.10 Å². The smallest absolute Gasteiger partial charge is 0.107 e. The second kappa shape index (κ2) is 3.75. The zero-order valence-electron chi connectivity index (χ0n) is 6.57. The van der Waals surface area contributed by atoms with E-state index in [9.17, 15) is 0 Å². The molecule has 5 heteroatoms. The van der Waals surface area contributed by atoms with Crippen LogP contribution in [-0.4, -0.2) is 23.2 Å². The van der Waals surface area contributed by atoms with E-state index in [0.717, 1.165) is 10.6 Å². The maximum atomic E-state index is 5.47. The van der Waals surface area contributed by atoms with Crippen molar-refractivity contribution in [2.45, 2.75) is 13.0 Å². The van der Waals surface area contributed by atoms with Crippen molar-refractivity contribution in [2.75, 3.05) is 13.7 Å². The Balaban J connectivity index is 2.81. The zero-order chi connectivity index (χ0) is 8.27. The molecule has 0 aliphatic heterocycles. The molecule has 0 aliphatic rings. The van der Waals surface area contributed by atoms with Crippen LogP contribution >= 0.6 is 11.5 Å².